The van der Waals surface area contributed by atoms with E-state index >= 15 is 0 Å². The Bertz CT molecular complexity index is 506. The molecule has 2 bridgehead atoms. The Kier molecular flexibility index (Phi) is 2.40. The number of aromatic nitrogens is 2. The van der Waals surface area contributed by atoms with Crippen LogP contribution in [0.3, 0.4) is 0 Å². The lowest BCUT2D eigenvalue weighted by molar-refractivity contribution is 0.0796. The molecule has 1 fully saturated rings. The number of rotatable bonds is 1. The summed E-state index contributed by atoms with van der Waals surface area (Å²) in [6.45, 7) is 3.81. The van der Waals surface area contributed by atoms with Crippen LogP contribution in [0.5, 0.6) is 0 Å². The van der Waals surface area contributed by atoms with Gasteiger partial charge in [-0.3, -0.25) is 4.79 Å². The van der Waals surface area contributed by atoms with E-state index in [0.717, 1.165) is 17.8 Å². The third kappa shape index (κ3) is 1.56. The molecule has 0 saturated heterocycles. The number of fused-ring (bicyclic) bond motifs is 2. The molecule has 0 spiro atoms. The first-order chi connectivity index (χ1) is 8.08. The predicted molar refractivity (Wildman–Crippen MR) is 66.2 cm³/mol. The van der Waals surface area contributed by atoms with E-state index in [-0.39, 0.29) is 17.2 Å². The molecule has 2 aliphatic rings. The van der Waals surface area contributed by atoms with Crippen molar-refractivity contribution in [2.75, 3.05) is 0 Å². The van der Waals surface area contributed by atoms with E-state index < -0.39 is 0 Å². The lowest BCUT2D eigenvalue weighted by atomic mass is 9.92. The Hall–Kier alpha value is -1.09. The molecule has 4 atom stereocenters. The van der Waals surface area contributed by atoms with E-state index in [9.17, 15) is 4.79 Å². The monoisotopic (exact) mass is 250 g/mol. The fourth-order valence-corrected chi connectivity index (χ4v) is 3.56. The zero-order valence-electron chi connectivity index (χ0n) is 9.93. The molecule has 0 aromatic carbocycles. The number of aryl methyl sites for hydroxylation is 2. The molecular weight excluding hydrogens is 236 g/mol. The van der Waals surface area contributed by atoms with Crippen LogP contribution in [0.1, 0.15) is 22.6 Å². The minimum absolute atomic E-state index is 0.0486. The SMILES string of the molecule is Cc1cc(C)n(C(=O)C2C3C=CC(C3)C2Cl)n1. The summed E-state index contributed by atoms with van der Waals surface area (Å²) in [4.78, 5) is 12.5. The highest BCUT2D eigenvalue weighted by atomic mass is 35.5. The lowest BCUT2D eigenvalue weighted by Gasteiger charge is -2.21. The number of alkyl halides is 1. The molecule has 0 radical (unpaired) electrons. The summed E-state index contributed by atoms with van der Waals surface area (Å²) in [5, 5.41) is 4.19. The van der Waals surface area contributed by atoms with E-state index in [4.69, 9.17) is 11.6 Å². The standard InChI is InChI=1S/C13H15ClN2O/c1-7-5-8(2)16(15-7)13(17)11-9-3-4-10(6-9)12(11)14/h3-5,9-12H,6H2,1-2H3. The summed E-state index contributed by atoms with van der Waals surface area (Å²) in [6.07, 6.45) is 5.30. The van der Waals surface area contributed by atoms with Crippen LogP contribution in [0.25, 0.3) is 0 Å². The summed E-state index contributed by atoms with van der Waals surface area (Å²) in [5.74, 6) is 0.614. The van der Waals surface area contributed by atoms with Crippen LogP contribution < -0.4 is 0 Å². The summed E-state index contributed by atoms with van der Waals surface area (Å²) in [5.41, 5.74) is 1.77. The van der Waals surface area contributed by atoms with Crippen molar-refractivity contribution in [2.45, 2.75) is 25.6 Å². The van der Waals surface area contributed by atoms with Gasteiger partial charge in [-0.25, -0.2) is 4.68 Å². The summed E-state index contributed by atoms with van der Waals surface area (Å²) in [6, 6.07) is 1.92. The van der Waals surface area contributed by atoms with E-state index in [1.807, 2.05) is 19.9 Å². The zero-order chi connectivity index (χ0) is 12.2. The number of carbonyl (C=O) groups excluding carboxylic acids is 1. The van der Waals surface area contributed by atoms with Crippen LogP contribution in [0.4, 0.5) is 0 Å². The van der Waals surface area contributed by atoms with Gasteiger partial charge in [0.1, 0.15) is 0 Å². The van der Waals surface area contributed by atoms with Crippen LogP contribution in [0.2, 0.25) is 0 Å². The molecule has 1 aromatic rings. The Labute approximate surface area is 105 Å². The fraction of sp³-hybridized carbons (Fsp3) is 0.538. The van der Waals surface area contributed by atoms with Crippen molar-refractivity contribution in [1.82, 2.24) is 9.78 Å². The van der Waals surface area contributed by atoms with Crippen LogP contribution in [-0.4, -0.2) is 21.1 Å². The summed E-state index contributed by atoms with van der Waals surface area (Å²) >= 11 is 6.37. The molecule has 2 aliphatic carbocycles. The molecular formula is C13H15ClN2O. The van der Waals surface area contributed by atoms with E-state index in [1.165, 1.54) is 4.68 Å². The third-order valence-electron chi connectivity index (χ3n) is 3.87. The van der Waals surface area contributed by atoms with Crippen molar-refractivity contribution >= 4 is 17.5 Å². The lowest BCUT2D eigenvalue weighted by Crippen LogP contribution is -2.33. The van der Waals surface area contributed by atoms with Gasteiger partial charge in [-0.05, 0) is 38.2 Å². The van der Waals surface area contributed by atoms with Gasteiger partial charge in [0.05, 0.1) is 17.0 Å². The molecule has 1 heterocycles. The molecule has 3 rings (SSSR count). The maximum Gasteiger partial charge on any atom is 0.252 e. The van der Waals surface area contributed by atoms with Gasteiger partial charge >= 0.3 is 0 Å². The second-order valence-electron chi connectivity index (χ2n) is 5.10. The summed E-state index contributed by atoms with van der Waals surface area (Å²) < 4.78 is 1.52. The van der Waals surface area contributed by atoms with Gasteiger partial charge in [0.25, 0.3) is 5.91 Å². The number of hydrogen-bond donors (Lipinski definition) is 0. The molecule has 3 nitrogen and oxygen atoms in total. The molecule has 4 unspecified atom stereocenters. The number of allylic oxidation sites excluding steroid dienone is 2. The Morgan fingerprint density at radius 3 is 2.65 bits per heavy atom. The number of halogens is 1. The predicted octanol–water partition coefficient (Wildman–Crippen LogP) is 2.57. The van der Waals surface area contributed by atoms with Crippen LogP contribution >= 0.6 is 11.6 Å². The quantitative estimate of drug-likeness (QED) is 0.567. The Balaban J connectivity index is 1.93. The van der Waals surface area contributed by atoms with Gasteiger partial charge in [0.15, 0.2) is 0 Å². The highest BCUT2D eigenvalue weighted by molar-refractivity contribution is 6.23. The van der Waals surface area contributed by atoms with Crippen LogP contribution in [0.15, 0.2) is 18.2 Å². The second-order valence-corrected chi connectivity index (χ2v) is 5.60. The van der Waals surface area contributed by atoms with Crippen molar-refractivity contribution in [3.8, 4) is 0 Å². The largest absolute Gasteiger partial charge is 0.272 e. The fourth-order valence-electron chi connectivity index (χ4n) is 3.07. The first-order valence-corrected chi connectivity index (χ1v) is 6.41. The molecule has 4 heteroatoms. The van der Waals surface area contributed by atoms with Crippen molar-refractivity contribution < 1.29 is 4.79 Å². The minimum atomic E-state index is -0.107. The van der Waals surface area contributed by atoms with Crippen molar-refractivity contribution in [2.24, 2.45) is 17.8 Å². The number of hydrogen-bond acceptors (Lipinski definition) is 2. The first-order valence-electron chi connectivity index (χ1n) is 5.98. The van der Waals surface area contributed by atoms with Crippen molar-refractivity contribution in [3.05, 3.63) is 29.6 Å². The highest BCUT2D eigenvalue weighted by Crippen LogP contribution is 2.47. The molecule has 1 aromatic heterocycles. The molecule has 1 saturated carbocycles. The van der Waals surface area contributed by atoms with Gasteiger partial charge in [-0.15, -0.1) is 11.6 Å². The van der Waals surface area contributed by atoms with Gasteiger partial charge in [0, 0.05) is 5.69 Å². The Morgan fingerprint density at radius 1 is 1.41 bits per heavy atom. The van der Waals surface area contributed by atoms with Gasteiger partial charge in [0.2, 0.25) is 0 Å². The van der Waals surface area contributed by atoms with Gasteiger partial charge < -0.3 is 0 Å². The normalized spacial score (nSPS) is 34.5. The topological polar surface area (TPSA) is 34.9 Å². The van der Waals surface area contributed by atoms with E-state index in [1.54, 1.807) is 0 Å². The average Bonchev–Trinajstić information content (AvgIpc) is 2.92. The first kappa shape index (κ1) is 11.0. The maximum absolute atomic E-state index is 12.5. The molecule has 0 N–H and O–H groups in total. The maximum atomic E-state index is 12.5. The van der Waals surface area contributed by atoms with Gasteiger partial charge in [-0.2, -0.15) is 5.10 Å². The average molecular weight is 251 g/mol. The number of nitrogens with zero attached hydrogens (tertiary/aromatic N) is 2. The van der Waals surface area contributed by atoms with Crippen molar-refractivity contribution in [3.63, 3.8) is 0 Å². The molecule has 17 heavy (non-hydrogen) atoms. The highest BCUT2D eigenvalue weighted by Gasteiger charge is 2.48. The van der Waals surface area contributed by atoms with Gasteiger partial charge in [-0.1, -0.05) is 12.2 Å². The van der Waals surface area contributed by atoms with Crippen LogP contribution in [0, 0.1) is 31.6 Å². The molecule has 90 valence electrons. The minimum Gasteiger partial charge on any atom is -0.272 e. The van der Waals surface area contributed by atoms with Crippen LogP contribution in [-0.2, 0) is 0 Å². The smallest absolute Gasteiger partial charge is 0.252 e. The van der Waals surface area contributed by atoms with E-state index in [2.05, 4.69) is 17.3 Å². The van der Waals surface area contributed by atoms with E-state index in [0.29, 0.717) is 11.8 Å². The zero-order valence-corrected chi connectivity index (χ0v) is 10.7. The molecule has 0 aliphatic heterocycles. The Morgan fingerprint density at radius 2 is 2.12 bits per heavy atom. The summed E-state index contributed by atoms with van der Waals surface area (Å²) in [7, 11) is 0. The third-order valence-corrected chi connectivity index (χ3v) is 4.46. The molecule has 0 amide bonds. The second kappa shape index (κ2) is 3.70. The van der Waals surface area contributed by atoms with Crippen molar-refractivity contribution in [1.29, 1.82) is 0 Å². The number of carbonyl (C=O) groups is 1.